The summed E-state index contributed by atoms with van der Waals surface area (Å²) in [6, 6.07) is 14.0. The van der Waals surface area contributed by atoms with Crippen molar-refractivity contribution in [3.05, 3.63) is 60.4 Å². The highest BCUT2D eigenvalue weighted by atomic mass is 32.2. The summed E-state index contributed by atoms with van der Waals surface area (Å²) in [7, 11) is 0. The van der Waals surface area contributed by atoms with E-state index in [0.717, 1.165) is 28.5 Å². The molecule has 0 bridgehead atoms. The van der Waals surface area contributed by atoms with Gasteiger partial charge in [-0.05, 0) is 24.1 Å². The van der Waals surface area contributed by atoms with Crippen LogP contribution >= 0.6 is 11.8 Å². The summed E-state index contributed by atoms with van der Waals surface area (Å²) < 4.78 is 2.03. The van der Waals surface area contributed by atoms with Crippen LogP contribution in [0, 0.1) is 0 Å². The Morgan fingerprint density at radius 2 is 2.00 bits per heavy atom. The summed E-state index contributed by atoms with van der Waals surface area (Å²) >= 11 is 1.40. The van der Waals surface area contributed by atoms with Gasteiger partial charge in [0, 0.05) is 24.5 Å². The monoisotopic (exact) mass is 367 g/mol. The van der Waals surface area contributed by atoms with E-state index in [2.05, 4.69) is 32.6 Å². The minimum Gasteiger partial charge on any atom is -0.355 e. The van der Waals surface area contributed by atoms with Crippen LogP contribution in [0.1, 0.15) is 18.9 Å². The van der Waals surface area contributed by atoms with Gasteiger partial charge in [0.2, 0.25) is 5.91 Å². The number of amides is 1. The maximum Gasteiger partial charge on any atom is 0.230 e. The van der Waals surface area contributed by atoms with E-state index in [4.69, 9.17) is 0 Å². The minimum atomic E-state index is 0.00837. The highest BCUT2D eigenvalue weighted by molar-refractivity contribution is 7.99. The van der Waals surface area contributed by atoms with Crippen LogP contribution in [0.2, 0.25) is 0 Å². The Bertz CT molecular complexity index is 836. The topological polar surface area (TPSA) is 72.7 Å². The fourth-order valence-corrected chi connectivity index (χ4v) is 3.23. The van der Waals surface area contributed by atoms with E-state index in [0.29, 0.717) is 18.8 Å². The third-order valence-electron chi connectivity index (χ3n) is 3.72. The number of nitrogens with one attached hydrogen (secondary N) is 1. The van der Waals surface area contributed by atoms with Gasteiger partial charge >= 0.3 is 0 Å². The van der Waals surface area contributed by atoms with E-state index in [9.17, 15) is 4.79 Å². The van der Waals surface area contributed by atoms with Crippen molar-refractivity contribution in [1.82, 2.24) is 25.1 Å². The summed E-state index contributed by atoms with van der Waals surface area (Å²) in [5.41, 5.74) is 2.05. The van der Waals surface area contributed by atoms with E-state index in [-0.39, 0.29) is 5.91 Å². The number of nitrogens with zero attached hydrogens (tertiary/aromatic N) is 4. The second-order valence-electron chi connectivity index (χ2n) is 5.76. The standard InChI is InChI=1S/C19H21N5OS/c1-2-10-21-17(25)14-26-19-23-22-18(16-9-6-11-20-12-16)24(19)13-15-7-4-3-5-8-15/h3-9,11-12H,2,10,13-14H2,1H3,(H,21,25). The van der Waals surface area contributed by atoms with Gasteiger partial charge in [-0.1, -0.05) is 49.0 Å². The van der Waals surface area contributed by atoms with Gasteiger partial charge in [0.1, 0.15) is 0 Å². The van der Waals surface area contributed by atoms with Gasteiger partial charge in [-0.3, -0.25) is 14.3 Å². The van der Waals surface area contributed by atoms with Gasteiger partial charge in [-0.15, -0.1) is 10.2 Å². The van der Waals surface area contributed by atoms with Crippen molar-refractivity contribution < 1.29 is 4.79 Å². The second-order valence-corrected chi connectivity index (χ2v) is 6.70. The lowest BCUT2D eigenvalue weighted by atomic mass is 10.2. The molecular formula is C19H21N5OS. The number of hydrogen-bond donors (Lipinski definition) is 1. The molecule has 0 aliphatic rings. The number of thioether (sulfide) groups is 1. The van der Waals surface area contributed by atoms with E-state index >= 15 is 0 Å². The van der Waals surface area contributed by atoms with Crippen LogP contribution in [0.15, 0.2) is 60.0 Å². The maximum absolute atomic E-state index is 11.9. The Hall–Kier alpha value is -2.67. The first-order valence-electron chi connectivity index (χ1n) is 8.55. The number of benzene rings is 1. The van der Waals surface area contributed by atoms with Crippen LogP contribution in [-0.4, -0.2) is 38.0 Å². The lowest BCUT2D eigenvalue weighted by molar-refractivity contribution is -0.118. The Kier molecular flexibility index (Phi) is 6.38. The minimum absolute atomic E-state index is 0.00837. The van der Waals surface area contributed by atoms with Crippen LogP contribution in [-0.2, 0) is 11.3 Å². The molecule has 0 unspecified atom stereocenters. The lowest BCUT2D eigenvalue weighted by Crippen LogP contribution is -2.25. The molecule has 2 heterocycles. The average molecular weight is 367 g/mol. The summed E-state index contributed by atoms with van der Waals surface area (Å²) in [5.74, 6) is 1.08. The SMILES string of the molecule is CCCNC(=O)CSc1nnc(-c2cccnc2)n1Cc1ccccc1. The summed E-state index contributed by atoms with van der Waals surface area (Å²) in [6.45, 7) is 3.36. The number of hydrogen-bond acceptors (Lipinski definition) is 5. The predicted octanol–water partition coefficient (Wildman–Crippen LogP) is 3.01. The van der Waals surface area contributed by atoms with Gasteiger partial charge in [0.15, 0.2) is 11.0 Å². The van der Waals surface area contributed by atoms with Crippen LogP contribution in [0.5, 0.6) is 0 Å². The zero-order chi connectivity index (χ0) is 18.2. The van der Waals surface area contributed by atoms with Crippen molar-refractivity contribution in [3.8, 4) is 11.4 Å². The normalized spacial score (nSPS) is 10.7. The molecule has 0 saturated heterocycles. The predicted molar refractivity (Wildman–Crippen MR) is 103 cm³/mol. The molecule has 3 rings (SSSR count). The van der Waals surface area contributed by atoms with Crippen molar-refractivity contribution in [2.45, 2.75) is 25.0 Å². The van der Waals surface area contributed by atoms with Gasteiger partial charge in [-0.2, -0.15) is 0 Å². The Labute approximate surface area is 157 Å². The van der Waals surface area contributed by atoms with Crippen molar-refractivity contribution in [2.24, 2.45) is 0 Å². The summed E-state index contributed by atoms with van der Waals surface area (Å²) in [5, 5.41) is 12.3. The third kappa shape index (κ3) is 4.70. The quantitative estimate of drug-likeness (QED) is 0.620. The molecule has 0 aliphatic heterocycles. The second kappa shape index (κ2) is 9.15. The Morgan fingerprint density at radius 1 is 1.15 bits per heavy atom. The average Bonchev–Trinajstić information content (AvgIpc) is 3.08. The highest BCUT2D eigenvalue weighted by Gasteiger charge is 2.16. The molecule has 3 aromatic rings. The van der Waals surface area contributed by atoms with Gasteiger partial charge in [0.05, 0.1) is 12.3 Å². The molecule has 1 N–H and O–H groups in total. The van der Waals surface area contributed by atoms with Crippen LogP contribution in [0.4, 0.5) is 0 Å². The van der Waals surface area contributed by atoms with E-state index in [1.807, 2.05) is 41.8 Å². The molecule has 0 radical (unpaired) electrons. The fraction of sp³-hybridized carbons (Fsp3) is 0.263. The molecule has 1 aromatic carbocycles. The van der Waals surface area contributed by atoms with Crippen molar-refractivity contribution in [3.63, 3.8) is 0 Å². The van der Waals surface area contributed by atoms with Crippen LogP contribution < -0.4 is 5.32 Å². The van der Waals surface area contributed by atoms with Gasteiger partial charge in [0.25, 0.3) is 0 Å². The molecule has 1 amide bonds. The molecule has 0 aliphatic carbocycles. The lowest BCUT2D eigenvalue weighted by Gasteiger charge is -2.10. The maximum atomic E-state index is 11.9. The highest BCUT2D eigenvalue weighted by Crippen LogP contribution is 2.24. The first-order valence-corrected chi connectivity index (χ1v) is 9.53. The van der Waals surface area contributed by atoms with Crippen LogP contribution in [0.25, 0.3) is 11.4 Å². The largest absolute Gasteiger partial charge is 0.355 e. The number of carbonyl (C=O) groups excluding carboxylic acids is 1. The molecular weight excluding hydrogens is 346 g/mol. The number of rotatable bonds is 8. The van der Waals surface area contributed by atoms with E-state index in [1.54, 1.807) is 12.4 Å². The number of aromatic nitrogens is 4. The molecule has 7 heteroatoms. The Balaban J connectivity index is 1.84. The van der Waals surface area contributed by atoms with Crippen molar-refractivity contribution in [2.75, 3.05) is 12.3 Å². The molecule has 134 valence electrons. The first kappa shape index (κ1) is 18.1. The zero-order valence-electron chi connectivity index (χ0n) is 14.6. The van der Waals surface area contributed by atoms with E-state index < -0.39 is 0 Å². The van der Waals surface area contributed by atoms with Gasteiger partial charge in [-0.25, -0.2) is 0 Å². The fourth-order valence-electron chi connectivity index (χ4n) is 2.46. The number of carbonyl (C=O) groups is 1. The molecule has 0 spiro atoms. The molecule has 0 fully saturated rings. The first-order chi connectivity index (χ1) is 12.8. The third-order valence-corrected chi connectivity index (χ3v) is 4.69. The number of pyridine rings is 1. The molecule has 6 nitrogen and oxygen atoms in total. The molecule has 2 aromatic heterocycles. The van der Waals surface area contributed by atoms with Crippen LogP contribution in [0.3, 0.4) is 0 Å². The summed E-state index contributed by atoms with van der Waals surface area (Å²) in [4.78, 5) is 16.1. The smallest absolute Gasteiger partial charge is 0.230 e. The van der Waals surface area contributed by atoms with Gasteiger partial charge < -0.3 is 5.32 Å². The molecule has 26 heavy (non-hydrogen) atoms. The van der Waals surface area contributed by atoms with Crippen molar-refractivity contribution in [1.29, 1.82) is 0 Å². The van der Waals surface area contributed by atoms with Crippen molar-refractivity contribution >= 4 is 17.7 Å². The summed E-state index contributed by atoms with van der Waals surface area (Å²) in [6.07, 6.45) is 4.43. The van der Waals surface area contributed by atoms with E-state index in [1.165, 1.54) is 11.8 Å². The molecule has 0 saturated carbocycles. The zero-order valence-corrected chi connectivity index (χ0v) is 15.4. The molecule has 0 atom stereocenters. The Morgan fingerprint density at radius 3 is 2.73 bits per heavy atom.